The molecule has 2 amide bonds. The normalized spacial score (nSPS) is 12.2. The number of carbonyl (C=O) groups is 2. The molecule has 138 valence electrons. The van der Waals surface area contributed by atoms with E-state index in [-0.39, 0.29) is 17.1 Å². The molecule has 0 saturated heterocycles. The first-order valence-corrected chi connectivity index (χ1v) is 9.06. The molecule has 0 aromatic heterocycles. The van der Waals surface area contributed by atoms with Gasteiger partial charge < -0.3 is 15.5 Å². The van der Waals surface area contributed by atoms with Crippen LogP contribution in [0.1, 0.15) is 11.1 Å². The van der Waals surface area contributed by atoms with Gasteiger partial charge in [-0.3, -0.25) is 0 Å². The lowest BCUT2D eigenvalue weighted by atomic mass is 10.1. The number of urea groups is 1. The van der Waals surface area contributed by atoms with Crippen LogP contribution >= 0.6 is 0 Å². The van der Waals surface area contributed by atoms with Gasteiger partial charge in [0.05, 0.1) is 4.90 Å². The van der Waals surface area contributed by atoms with Crippen LogP contribution in [0.4, 0.5) is 4.79 Å². The maximum Gasteiger partial charge on any atom is 0.329 e. The van der Waals surface area contributed by atoms with Crippen LogP contribution in [0.15, 0.2) is 53.4 Å². The van der Waals surface area contributed by atoms with Gasteiger partial charge >= 0.3 is 12.0 Å². The van der Waals surface area contributed by atoms with Crippen LogP contribution in [0.5, 0.6) is 5.75 Å². The van der Waals surface area contributed by atoms with Crippen LogP contribution in [-0.4, -0.2) is 36.7 Å². The molecule has 4 N–H and O–H groups in total. The lowest BCUT2D eigenvalue weighted by molar-refractivity contribution is -0.139. The van der Waals surface area contributed by atoms with Gasteiger partial charge in [-0.05, 0) is 36.8 Å². The molecule has 2 aromatic carbocycles. The number of sulfonamides is 1. The van der Waals surface area contributed by atoms with Crippen LogP contribution in [0.25, 0.3) is 0 Å². The average Bonchev–Trinajstić information content (AvgIpc) is 2.56. The summed E-state index contributed by atoms with van der Waals surface area (Å²) in [5.41, 5.74) is 1.41. The zero-order chi connectivity index (χ0) is 19.3. The minimum absolute atomic E-state index is 0.0236. The second kappa shape index (κ2) is 7.87. The van der Waals surface area contributed by atoms with E-state index in [0.29, 0.717) is 5.56 Å². The minimum Gasteiger partial charge on any atom is -0.508 e. The maximum atomic E-state index is 12.2. The summed E-state index contributed by atoms with van der Waals surface area (Å²) in [6.07, 6.45) is -0.0758. The molecule has 0 aliphatic heterocycles. The van der Waals surface area contributed by atoms with E-state index in [4.69, 9.17) is 0 Å². The van der Waals surface area contributed by atoms with E-state index in [1.54, 1.807) is 23.8 Å². The molecule has 0 spiro atoms. The summed E-state index contributed by atoms with van der Waals surface area (Å²) in [4.78, 5) is 23.2. The number of aryl methyl sites for hydroxylation is 1. The summed E-state index contributed by atoms with van der Waals surface area (Å²) in [5.74, 6) is -1.29. The van der Waals surface area contributed by atoms with Crippen molar-refractivity contribution in [3.8, 4) is 5.75 Å². The molecular formula is C17H18N2O6S. The van der Waals surface area contributed by atoms with Gasteiger partial charge in [0.25, 0.3) is 10.0 Å². The van der Waals surface area contributed by atoms with E-state index in [0.717, 1.165) is 5.56 Å². The van der Waals surface area contributed by atoms with Crippen LogP contribution < -0.4 is 10.0 Å². The largest absolute Gasteiger partial charge is 0.508 e. The van der Waals surface area contributed by atoms with E-state index >= 15 is 0 Å². The second-order valence-corrected chi connectivity index (χ2v) is 7.34. The Morgan fingerprint density at radius 3 is 2.15 bits per heavy atom. The SMILES string of the molecule is Cc1ccc(S(=O)(=O)NC(=O)N[C@H](Cc2ccc(O)cc2)C(=O)O)cc1. The molecule has 8 nitrogen and oxygen atoms in total. The number of hydrogen-bond acceptors (Lipinski definition) is 5. The topological polar surface area (TPSA) is 133 Å². The van der Waals surface area contributed by atoms with Crippen LogP contribution in [-0.2, 0) is 21.2 Å². The van der Waals surface area contributed by atoms with Crippen molar-refractivity contribution < 1.29 is 28.2 Å². The molecule has 0 heterocycles. The van der Waals surface area contributed by atoms with Crippen molar-refractivity contribution in [1.29, 1.82) is 0 Å². The molecule has 0 fully saturated rings. The smallest absolute Gasteiger partial charge is 0.329 e. The predicted octanol–water partition coefficient (Wildman–Crippen LogP) is 1.38. The number of phenols is 1. The summed E-state index contributed by atoms with van der Waals surface area (Å²) in [5, 5.41) is 20.6. The molecule has 0 bridgehead atoms. The summed E-state index contributed by atoms with van der Waals surface area (Å²) in [6.45, 7) is 1.79. The van der Waals surface area contributed by atoms with Gasteiger partial charge in [-0.1, -0.05) is 29.8 Å². The molecule has 0 radical (unpaired) electrons. The lowest BCUT2D eigenvalue weighted by Crippen LogP contribution is -2.48. The van der Waals surface area contributed by atoms with Gasteiger partial charge in [-0.2, -0.15) is 0 Å². The fourth-order valence-corrected chi connectivity index (χ4v) is 3.07. The number of aliphatic carboxylic acids is 1. The third-order valence-electron chi connectivity index (χ3n) is 3.54. The third-order valence-corrected chi connectivity index (χ3v) is 4.88. The Hall–Kier alpha value is -3.07. The predicted molar refractivity (Wildman–Crippen MR) is 93.3 cm³/mol. The highest BCUT2D eigenvalue weighted by Gasteiger charge is 2.24. The number of amides is 2. The highest BCUT2D eigenvalue weighted by Crippen LogP contribution is 2.12. The second-order valence-electron chi connectivity index (χ2n) is 5.65. The molecule has 9 heteroatoms. The quantitative estimate of drug-likeness (QED) is 0.600. The molecule has 0 aliphatic carbocycles. The summed E-state index contributed by atoms with van der Waals surface area (Å²) >= 11 is 0. The molecule has 1 atom stereocenters. The van der Waals surface area contributed by atoms with Crippen molar-refractivity contribution in [3.63, 3.8) is 0 Å². The van der Waals surface area contributed by atoms with E-state index in [2.05, 4.69) is 5.32 Å². The molecular weight excluding hydrogens is 360 g/mol. The zero-order valence-electron chi connectivity index (χ0n) is 13.8. The number of carboxylic acid groups (broad SMARTS) is 1. The minimum atomic E-state index is -4.11. The monoisotopic (exact) mass is 378 g/mol. The van der Waals surface area contributed by atoms with Gasteiger partial charge in [-0.25, -0.2) is 22.7 Å². The van der Waals surface area contributed by atoms with E-state index < -0.39 is 28.1 Å². The average molecular weight is 378 g/mol. The van der Waals surface area contributed by atoms with Crippen LogP contribution in [0.2, 0.25) is 0 Å². The third kappa shape index (κ3) is 5.21. The first-order chi connectivity index (χ1) is 12.2. The zero-order valence-corrected chi connectivity index (χ0v) is 14.7. The lowest BCUT2D eigenvalue weighted by Gasteiger charge is -2.15. The van der Waals surface area contributed by atoms with E-state index in [9.17, 15) is 28.2 Å². The highest BCUT2D eigenvalue weighted by molar-refractivity contribution is 7.90. The Kier molecular flexibility index (Phi) is 5.83. The number of carboxylic acids is 1. The van der Waals surface area contributed by atoms with Crippen molar-refractivity contribution in [3.05, 3.63) is 59.7 Å². The first-order valence-electron chi connectivity index (χ1n) is 7.58. The number of nitrogens with one attached hydrogen (secondary N) is 2. The van der Waals surface area contributed by atoms with Gasteiger partial charge in [0.1, 0.15) is 11.8 Å². The molecule has 0 aliphatic rings. The molecule has 0 saturated carbocycles. The highest BCUT2D eigenvalue weighted by atomic mass is 32.2. The molecule has 2 aromatic rings. The summed E-state index contributed by atoms with van der Waals surface area (Å²) in [7, 11) is -4.11. The standard InChI is InChI=1S/C17H18N2O6S/c1-11-2-8-14(9-3-11)26(24,25)19-17(23)18-15(16(21)22)10-12-4-6-13(20)7-5-12/h2-9,15,20H,10H2,1H3,(H,21,22)(H2,18,19,23)/t15-/m1/s1. The Bertz CT molecular complexity index is 892. The Balaban J connectivity index is 2.06. The fourth-order valence-electron chi connectivity index (χ4n) is 2.15. The van der Waals surface area contributed by atoms with Crippen molar-refractivity contribution >= 4 is 22.0 Å². The maximum absolute atomic E-state index is 12.2. The van der Waals surface area contributed by atoms with Crippen molar-refractivity contribution in [2.75, 3.05) is 0 Å². The van der Waals surface area contributed by atoms with Crippen molar-refractivity contribution in [2.24, 2.45) is 0 Å². The Labute approximate surface area is 150 Å². The van der Waals surface area contributed by atoms with E-state index in [1.807, 2.05) is 0 Å². The van der Waals surface area contributed by atoms with Crippen LogP contribution in [0, 0.1) is 6.92 Å². The van der Waals surface area contributed by atoms with Crippen LogP contribution in [0.3, 0.4) is 0 Å². The summed E-state index contributed by atoms with van der Waals surface area (Å²) < 4.78 is 26.1. The van der Waals surface area contributed by atoms with Crippen molar-refractivity contribution in [1.82, 2.24) is 10.0 Å². The Morgan fingerprint density at radius 1 is 1.04 bits per heavy atom. The van der Waals surface area contributed by atoms with Gasteiger partial charge in [0, 0.05) is 6.42 Å². The first kappa shape index (κ1) is 19.3. The number of benzene rings is 2. The number of hydrogen-bond donors (Lipinski definition) is 4. The molecule has 0 unspecified atom stereocenters. The van der Waals surface area contributed by atoms with Gasteiger partial charge in [-0.15, -0.1) is 0 Å². The fraction of sp³-hybridized carbons (Fsp3) is 0.176. The number of phenolic OH excluding ortho intramolecular Hbond substituents is 1. The van der Waals surface area contributed by atoms with Gasteiger partial charge in [0.2, 0.25) is 0 Å². The number of carbonyl (C=O) groups excluding carboxylic acids is 1. The number of aromatic hydroxyl groups is 1. The Morgan fingerprint density at radius 2 is 1.62 bits per heavy atom. The van der Waals surface area contributed by atoms with Crippen molar-refractivity contribution in [2.45, 2.75) is 24.3 Å². The molecule has 26 heavy (non-hydrogen) atoms. The number of rotatable bonds is 6. The molecule has 2 rings (SSSR count). The van der Waals surface area contributed by atoms with Gasteiger partial charge in [0.15, 0.2) is 0 Å². The van der Waals surface area contributed by atoms with E-state index in [1.165, 1.54) is 36.4 Å². The summed E-state index contributed by atoms with van der Waals surface area (Å²) in [6, 6.07) is 9.15.